The molecule has 0 spiro atoms. The van der Waals surface area contributed by atoms with Gasteiger partial charge >= 0.3 is 5.97 Å². The molecule has 5 N–H and O–H groups in total. The first-order valence-corrected chi connectivity index (χ1v) is 11.0. The van der Waals surface area contributed by atoms with Crippen LogP contribution in [-0.4, -0.2) is 62.7 Å². The van der Waals surface area contributed by atoms with Crippen molar-refractivity contribution in [2.75, 3.05) is 6.61 Å². The molecule has 0 rings (SSSR count). The Labute approximate surface area is 169 Å². The van der Waals surface area contributed by atoms with E-state index in [4.69, 9.17) is 5.11 Å². The van der Waals surface area contributed by atoms with Gasteiger partial charge in [-0.1, -0.05) is 84.0 Å². The van der Waals surface area contributed by atoms with E-state index in [-0.39, 0.29) is 6.42 Å². The maximum absolute atomic E-state index is 11.6. The first-order valence-electron chi connectivity index (χ1n) is 11.0. The summed E-state index contributed by atoms with van der Waals surface area (Å²) in [4.78, 5) is 11.6. The Kier molecular flexibility index (Phi) is 17.8. The summed E-state index contributed by atoms with van der Waals surface area (Å²) < 4.78 is 4.65. The fourth-order valence-electron chi connectivity index (χ4n) is 3.05. The molecule has 28 heavy (non-hydrogen) atoms. The Bertz CT molecular complexity index is 365. The van der Waals surface area contributed by atoms with Crippen molar-refractivity contribution in [2.24, 2.45) is 0 Å². The number of carbonyl (C=O) groups excluding carboxylic acids is 1. The van der Waals surface area contributed by atoms with Crippen LogP contribution < -0.4 is 0 Å². The van der Waals surface area contributed by atoms with Gasteiger partial charge in [-0.25, -0.2) is 0 Å². The summed E-state index contributed by atoms with van der Waals surface area (Å²) in [5.74, 6) is -0.666. The van der Waals surface area contributed by atoms with E-state index in [1.165, 1.54) is 57.8 Å². The third-order valence-corrected chi connectivity index (χ3v) is 4.96. The zero-order chi connectivity index (χ0) is 21.2. The number of hydrogen-bond donors (Lipinski definition) is 5. The Morgan fingerprint density at radius 1 is 0.714 bits per heavy atom. The fourth-order valence-corrected chi connectivity index (χ4v) is 3.05. The molecule has 0 aliphatic rings. The van der Waals surface area contributed by atoms with Gasteiger partial charge in [0, 0.05) is 6.42 Å². The minimum atomic E-state index is -1.94. The lowest BCUT2D eigenvalue weighted by atomic mass is 10.0. The molecule has 4 unspecified atom stereocenters. The maximum atomic E-state index is 11.6. The van der Waals surface area contributed by atoms with E-state index in [0.717, 1.165) is 19.3 Å². The number of aliphatic hydroxyl groups is 5. The molecule has 0 aliphatic carbocycles. The van der Waals surface area contributed by atoms with Crippen LogP contribution in [0.2, 0.25) is 0 Å². The molecule has 0 amide bonds. The number of aliphatic hydroxyl groups excluding tert-OH is 5. The lowest BCUT2D eigenvalue weighted by Gasteiger charge is -2.25. The summed E-state index contributed by atoms with van der Waals surface area (Å²) in [6, 6.07) is 0. The standard InChI is InChI=1S/C21H42O7/c1-2-3-4-5-6-7-8-9-10-11-12-13-14-15-18(24)28-21(27)20(26)19(25)17(23)16-22/h17,19-23,25-27H,2-16H2,1H3. The minimum Gasteiger partial charge on any atom is -0.433 e. The largest absolute Gasteiger partial charge is 0.433 e. The molecule has 0 fully saturated rings. The minimum absolute atomic E-state index is 0.125. The van der Waals surface area contributed by atoms with Crippen LogP contribution in [0.25, 0.3) is 0 Å². The van der Waals surface area contributed by atoms with Crippen LogP contribution >= 0.6 is 0 Å². The van der Waals surface area contributed by atoms with Crippen molar-refractivity contribution in [1.82, 2.24) is 0 Å². The number of ether oxygens (including phenoxy) is 1. The zero-order valence-electron chi connectivity index (χ0n) is 17.5. The molecule has 0 aliphatic heterocycles. The molecule has 7 heteroatoms. The molecule has 0 bridgehead atoms. The van der Waals surface area contributed by atoms with Gasteiger partial charge in [0.05, 0.1) is 6.61 Å². The van der Waals surface area contributed by atoms with Crippen molar-refractivity contribution in [3.8, 4) is 0 Å². The summed E-state index contributed by atoms with van der Waals surface area (Å²) in [6.07, 6.45) is 8.44. The molecule has 0 saturated carbocycles. The van der Waals surface area contributed by atoms with Crippen LogP contribution in [0.5, 0.6) is 0 Å². The second-order valence-corrected chi connectivity index (χ2v) is 7.60. The van der Waals surface area contributed by atoms with Gasteiger partial charge in [0.15, 0.2) is 0 Å². The van der Waals surface area contributed by atoms with E-state index >= 15 is 0 Å². The Balaban J connectivity index is 3.55. The second kappa shape index (κ2) is 18.3. The van der Waals surface area contributed by atoms with Crippen LogP contribution in [0.1, 0.15) is 96.8 Å². The van der Waals surface area contributed by atoms with E-state index in [2.05, 4.69) is 11.7 Å². The molecule has 0 aromatic heterocycles. The average molecular weight is 407 g/mol. The quantitative estimate of drug-likeness (QED) is 0.127. The van der Waals surface area contributed by atoms with E-state index < -0.39 is 37.2 Å². The second-order valence-electron chi connectivity index (χ2n) is 7.60. The van der Waals surface area contributed by atoms with E-state index in [9.17, 15) is 25.2 Å². The molecule has 0 aromatic rings. The van der Waals surface area contributed by atoms with Gasteiger partial charge in [0.1, 0.15) is 18.3 Å². The number of carbonyl (C=O) groups is 1. The molecular weight excluding hydrogens is 364 g/mol. The monoisotopic (exact) mass is 406 g/mol. The number of hydrogen-bond acceptors (Lipinski definition) is 7. The van der Waals surface area contributed by atoms with Crippen molar-refractivity contribution >= 4 is 5.97 Å². The van der Waals surface area contributed by atoms with Crippen LogP contribution in [0.3, 0.4) is 0 Å². The Morgan fingerprint density at radius 2 is 1.14 bits per heavy atom. The van der Waals surface area contributed by atoms with Crippen molar-refractivity contribution in [3.05, 3.63) is 0 Å². The molecule has 4 atom stereocenters. The predicted molar refractivity (Wildman–Crippen MR) is 108 cm³/mol. The van der Waals surface area contributed by atoms with Gasteiger partial charge < -0.3 is 30.3 Å². The van der Waals surface area contributed by atoms with E-state index in [0.29, 0.717) is 6.42 Å². The van der Waals surface area contributed by atoms with Gasteiger partial charge in [-0.15, -0.1) is 0 Å². The number of esters is 1. The summed E-state index contributed by atoms with van der Waals surface area (Å²) in [5, 5.41) is 46.5. The summed E-state index contributed by atoms with van der Waals surface area (Å²) >= 11 is 0. The Morgan fingerprint density at radius 3 is 1.57 bits per heavy atom. The van der Waals surface area contributed by atoms with E-state index in [1.807, 2.05) is 0 Å². The highest BCUT2D eigenvalue weighted by molar-refractivity contribution is 5.69. The number of unbranched alkanes of at least 4 members (excludes halogenated alkanes) is 12. The first kappa shape index (κ1) is 27.3. The highest BCUT2D eigenvalue weighted by atomic mass is 16.6. The van der Waals surface area contributed by atoms with Gasteiger partial charge in [0.2, 0.25) is 6.29 Å². The zero-order valence-corrected chi connectivity index (χ0v) is 17.5. The van der Waals surface area contributed by atoms with Gasteiger partial charge in [-0.3, -0.25) is 4.79 Å². The van der Waals surface area contributed by atoms with E-state index in [1.54, 1.807) is 0 Å². The van der Waals surface area contributed by atoms with Crippen molar-refractivity contribution in [1.29, 1.82) is 0 Å². The molecule has 0 saturated heterocycles. The van der Waals surface area contributed by atoms with Gasteiger partial charge in [-0.05, 0) is 6.42 Å². The van der Waals surface area contributed by atoms with Crippen LogP contribution in [0, 0.1) is 0 Å². The summed E-state index contributed by atoms with van der Waals surface area (Å²) in [5.41, 5.74) is 0. The third-order valence-electron chi connectivity index (χ3n) is 4.96. The SMILES string of the molecule is CCCCCCCCCCCCCCCC(=O)OC(O)C(O)C(O)C(O)CO. The van der Waals surface area contributed by atoms with Crippen LogP contribution in [0.4, 0.5) is 0 Å². The maximum Gasteiger partial charge on any atom is 0.308 e. The summed E-state index contributed by atoms with van der Waals surface area (Å²) in [7, 11) is 0. The molecule has 7 nitrogen and oxygen atoms in total. The molecule has 0 radical (unpaired) electrons. The molecule has 0 aromatic carbocycles. The van der Waals surface area contributed by atoms with Crippen molar-refractivity contribution in [2.45, 2.75) is 121 Å². The van der Waals surface area contributed by atoms with Gasteiger partial charge in [-0.2, -0.15) is 0 Å². The third kappa shape index (κ3) is 14.3. The lowest BCUT2D eigenvalue weighted by molar-refractivity contribution is -0.209. The smallest absolute Gasteiger partial charge is 0.308 e. The highest BCUT2D eigenvalue weighted by Crippen LogP contribution is 2.13. The Hall–Kier alpha value is -0.730. The molecular formula is C21H42O7. The lowest BCUT2D eigenvalue weighted by Crippen LogP contribution is -2.47. The van der Waals surface area contributed by atoms with Gasteiger partial charge in [0.25, 0.3) is 0 Å². The van der Waals surface area contributed by atoms with Crippen LogP contribution in [0.15, 0.2) is 0 Å². The molecule has 0 heterocycles. The fraction of sp³-hybridized carbons (Fsp3) is 0.952. The van der Waals surface area contributed by atoms with Crippen LogP contribution in [-0.2, 0) is 9.53 Å². The average Bonchev–Trinajstić information content (AvgIpc) is 2.69. The van der Waals surface area contributed by atoms with Crippen molar-refractivity contribution < 1.29 is 35.1 Å². The normalized spacial score (nSPS) is 15.8. The topological polar surface area (TPSA) is 127 Å². The molecule has 168 valence electrons. The van der Waals surface area contributed by atoms with Crippen molar-refractivity contribution in [3.63, 3.8) is 0 Å². The summed E-state index contributed by atoms with van der Waals surface area (Å²) in [6.45, 7) is 1.45. The first-order chi connectivity index (χ1) is 13.4. The predicted octanol–water partition coefficient (Wildman–Crippen LogP) is 2.40. The number of rotatable bonds is 19. The highest BCUT2D eigenvalue weighted by Gasteiger charge is 2.32.